The first-order valence-corrected chi connectivity index (χ1v) is 10.8. The minimum Gasteiger partial charge on any atom is -0.284 e. The molecule has 130 valence electrons. The fraction of sp³-hybridized carbons (Fsp3) is 0.250. The van der Waals surface area contributed by atoms with Gasteiger partial charge in [0.2, 0.25) is 20.0 Å². The third-order valence-corrected chi connectivity index (χ3v) is 5.33. The maximum atomic E-state index is 12.0. The van der Waals surface area contributed by atoms with E-state index in [1.807, 2.05) is 12.1 Å². The number of sulfonamides is 2. The first-order valence-electron chi connectivity index (χ1n) is 7.38. The van der Waals surface area contributed by atoms with Gasteiger partial charge in [0.25, 0.3) is 0 Å². The number of hydrogen-bond donors (Lipinski definition) is 2. The van der Waals surface area contributed by atoms with Crippen LogP contribution in [0, 0.1) is 0 Å². The third kappa shape index (κ3) is 5.95. The summed E-state index contributed by atoms with van der Waals surface area (Å²) in [5, 5.41) is 0. The molecular weight excluding hydrogens is 348 g/mol. The molecule has 0 bridgehead atoms. The van der Waals surface area contributed by atoms with Gasteiger partial charge >= 0.3 is 0 Å². The molecule has 0 atom stereocenters. The molecule has 2 aromatic rings. The predicted molar refractivity (Wildman–Crippen MR) is 94.9 cm³/mol. The van der Waals surface area contributed by atoms with Gasteiger partial charge in [-0.1, -0.05) is 30.3 Å². The lowest BCUT2D eigenvalue weighted by molar-refractivity contribution is 0.579. The van der Waals surface area contributed by atoms with E-state index in [4.69, 9.17) is 0 Å². The highest BCUT2D eigenvalue weighted by molar-refractivity contribution is 7.92. The van der Waals surface area contributed by atoms with Crippen LogP contribution in [0.1, 0.15) is 12.0 Å². The van der Waals surface area contributed by atoms with Crippen molar-refractivity contribution in [2.24, 2.45) is 0 Å². The maximum absolute atomic E-state index is 12.0. The van der Waals surface area contributed by atoms with Crippen molar-refractivity contribution in [1.82, 2.24) is 4.72 Å². The average Bonchev–Trinajstić information content (AvgIpc) is 2.52. The van der Waals surface area contributed by atoms with Crippen molar-refractivity contribution >= 4 is 25.7 Å². The van der Waals surface area contributed by atoms with Crippen molar-refractivity contribution in [3.05, 3.63) is 60.2 Å². The van der Waals surface area contributed by atoms with Gasteiger partial charge in [0.1, 0.15) is 0 Å². The van der Waals surface area contributed by atoms with Gasteiger partial charge in [-0.05, 0) is 42.7 Å². The standard InChI is InChI=1S/C16H20N2O4S2/c1-23(19,20)18-15-11-9-14(10-12-15)6-5-13-17-24(21,22)16-7-3-2-4-8-16/h2-4,7-12,17-18H,5-6,13H2,1H3. The monoisotopic (exact) mass is 368 g/mol. The van der Waals surface area contributed by atoms with Crippen molar-refractivity contribution in [2.75, 3.05) is 17.5 Å². The molecule has 24 heavy (non-hydrogen) atoms. The molecule has 0 amide bonds. The van der Waals surface area contributed by atoms with E-state index in [-0.39, 0.29) is 4.90 Å². The van der Waals surface area contributed by atoms with E-state index in [1.165, 1.54) is 0 Å². The van der Waals surface area contributed by atoms with Gasteiger partial charge in [0.05, 0.1) is 11.2 Å². The summed E-state index contributed by atoms with van der Waals surface area (Å²) in [6.07, 6.45) is 2.43. The highest BCUT2D eigenvalue weighted by atomic mass is 32.2. The molecule has 0 saturated carbocycles. The maximum Gasteiger partial charge on any atom is 0.240 e. The summed E-state index contributed by atoms with van der Waals surface area (Å²) < 4.78 is 51.3. The predicted octanol–water partition coefficient (Wildman–Crippen LogP) is 1.97. The molecule has 0 fully saturated rings. The Labute approximate surface area is 143 Å². The molecule has 0 unspecified atom stereocenters. The molecule has 6 nitrogen and oxygen atoms in total. The number of nitrogens with one attached hydrogen (secondary N) is 2. The van der Waals surface area contributed by atoms with Gasteiger partial charge < -0.3 is 0 Å². The van der Waals surface area contributed by atoms with E-state index in [9.17, 15) is 16.8 Å². The molecule has 0 spiro atoms. The molecule has 0 saturated heterocycles. The molecule has 0 radical (unpaired) electrons. The Morgan fingerprint density at radius 1 is 0.875 bits per heavy atom. The number of rotatable bonds is 8. The van der Waals surface area contributed by atoms with Crippen LogP contribution in [0.25, 0.3) is 0 Å². The largest absolute Gasteiger partial charge is 0.284 e. The van der Waals surface area contributed by atoms with Crippen molar-refractivity contribution in [2.45, 2.75) is 17.7 Å². The second-order valence-electron chi connectivity index (χ2n) is 5.39. The van der Waals surface area contributed by atoms with Crippen LogP contribution in [-0.4, -0.2) is 29.6 Å². The molecule has 0 aliphatic rings. The average molecular weight is 368 g/mol. The number of benzene rings is 2. The quantitative estimate of drug-likeness (QED) is 0.697. The van der Waals surface area contributed by atoms with Crippen LogP contribution in [0.5, 0.6) is 0 Å². The van der Waals surface area contributed by atoms with Crippen LogP contribution in [0.15, 0.2) is 59.5 Å². The highest BCUT2D eigenvalue weighted by Crippen LogP contribution is 2.12. The lowest BCUT2D eigenvalue weighted by Gasteiger charge is -2.08. The summed E-state index contributed by atoms with van der Waals surface area (Å²) in [5.74, 6) is 0. The van der Waals surface area contributed by atoms with Gasteiger partial charge in [-0.15, -0.1) is 0 Å². The minimum absolute atomic E-state index is 0.251. The van der Waals surface area contributed by atoms with Gasteiger partial charge in [0, 0.05) is 12.2 Å². The van der Waals surface area contributed by atoms with E-state index < -0.39 is 20.0 Å². The van der Waals surface area contributed by atoms with Gasteiger partial charge in [-0.2, -0.15) is 0 Å². The number of anilines is 1. The second kappa shape index (κ2) is 7.78. The van der Waals surface area contributed by atoms with Crippen molar-refractivity contribution < 1.29 is 16.8 Å². The van der Waals surface area contributed by atoms with Gasteiger partial charge in [-0.25, -0.2) is 21.6 Å². The first-order chi connectivity index (χ1) is 11.3. The van der Waals surface area contributed by atoms with Crippen LogP contribution < -0.4 is 9.44 Å². The fourth-order valence-electron chi connectivity index (χ4n) is 2.14. The van der Waals surface area contributed by atoms with E-state index >= 15 is 0 Å². The molecule has 0 aliphatic carbocycles. The molecular formula is C16H20N2O4S2. The van der Waals surface area contributed by atoms with Crippen LogP contribution >= 0.6 is 0 Å². The lowest BCUT2D eigenvalue weighted by atomic mass is 10.1. The van der Waals surface area contributed by atoms with Crippen LogP contribution in [0.2, 0.25) is 0 Å². The van der Waals surface area contributed by atoms with E-state index in [1.54, 1.807) is 42.5 Å². The molecule has 2 N–H and O–H groups in total. The zero-order chi connectivity index (χ0) is 17.6. The Morgan fingerprint density at radius 2 is 1.50 bits per heavy atom. The lowest BCUT2D eigenvalue weighted by Crippen LogP contribution is -2.25. The molecule has 0 aromatic heterocycles. The van der Waals surface area contributed by atoms with E-state index in [0.29, 0.717) is 25.1 Å². The molecule has 0 heterocycles. The van der Waals surface area contributed by atoms with Gasteiger partial charge in [0.15, 0.2) is 0 Å². The SMILES string of the molecule is CS(=O)(=O)Nc1ccc(CCCNS(=O)(=O)c2ccccc2)cc1. The highest BCUT2D eigenvalue weighted by Gasteiger charge is 2.11. The Balaban J connectivity index is 1.82. The summed E-state index contributed by atoms with van der Waals surface area (Å²) in [7, 11) is -6.75. The molecule has 8 heteroatoms. The van der Waals surface area contributed by atoms with Crippen LogP contribution in [0.4, 0.5) is 5.69 Å². The fourth-order valence-corrected chi connectivity index (χ4v) is 3.79. The Kier molecular flexibility index (Phi) is 5.98. The van der Waals surface area contributed by atoms with Crippen molar-refractivity contribution in [1.29, 1.82) is 0 Å². The number of aryl methyl sites for hydroxylation is 1. The van der Waals surface area contributed by atoms with Crippen molar-refractivity contribution in [3.63, 3.8) is 0 Å². The normalized spacial score (nSPS) is 12.0. The third-order valence-electron chi connectivity index (χ3n) is 3.24. The Bertz CT molecular complexity index is 862. The van der Waals surface area contributed by atoms with Crippen LogP contribution in [-0.2, 0) is 26.5 Å². The van der Waals surface area contributed by atoms with E-state index in [2.05, 4.69) is 9.44 Å². The van der Waals surface area contributed by atoms with Gasteiger partial charge in [-0.3, -0.25) is 4.72 Å². The summed E-state index contributed by atoms with van der Waals surface area (Å²) in [5.41, 5.74) is 1.51. The minimum atomic E-state index is -3.47. The summed E-state index contributed by atoms with van der Waals surface area (Å²) in [6.45, 7) is 0.334. The molecule has 2 rings (SSSR count). The number of hydrogen-bond acceptors (Lipinski definition) is 4. The zero-order valence-corrected chi connectivity index (χ0v) is 14.9. The summed E-state index contributed by atoms with van der Waals surface area (Å²) in [6, 6.07) is 15.2. The smallest absolute Gasteiger partial charge is 0.240 e. The topological polar surface area (TPSA) is 92.3 Å². The summed E-state index contributed by atoms with van der Waals surface area (Å²) >= 11 is 0. The van der Waals surface area contributed by atoms with E-state index in [0.717, 1.165) is 11.8 Å². The van der Waals surface area contributed by atoms with Crippen LogP contribution in [0.3, 0.4) is 0 Å². The zero-order valence-electron chi connectivity index (χ0n) is 13.3. The Morgan fingerprint density at radius 3 is 2.08 bits per heavy atom. The second-order valence-corrected chi connectivity index (χ2v) is 8.90. The van der Waals surface area contributed by atoms with Crippen molar-refractivity contribution in [3.8, 4) is 0 Å². The molecule has 0 aliphatic heterocycles. The molecule has 2 aromatic carbocycles. The first kappa shape index (κ1) is 18.4. The Hall–Kier alpha value is -1.90. The summed E-state index contributed by atoms with van der Waals surface area (Å²) in [4.78, 5) is 0.251.